The lowest BCUT2D eigenvalue weighted by Gasteiger charge is -2.06. The molecule has 3 N–H and O–H groups in total. The number of anilines is 2. The van der Waals surface area contributed by atoms with Gasteiger partial charge in [-0.05, 0) is 35.7 Å². The Morgan fingerprint density at radius 2 is 1.95 bits per heavy atom. The van der Waals surface area contributed by atoms with Crippen LogP contribution in [0.5, 0.6) is 0 Å². The molecule has 2 heterocycles. The molecule has 0 aliphatic rings. The highest BCUT2D eigenvalue weighted by atomic mass is 35.5. The number of benzene rings is 1. The first kappa shape index (κ1) is 12.8. The summed E-state index contributed by atoms with van der Waals surface area (Å²) in [5, 5.41) is 6.20. The quantitative estimate of drug-likeness (QED) is 0.728. The molecule has 1 aromatic carbocycles. The van der Waals surface area contributed by atoms with Gasteiger partial charge in [-0.3, -0.25) is 4.79 Å². The van der Waals surface area contributed by atoms with Crippen molar-refractivity contribution in [2.45, 2.75) is 0 Å². The maximum Gasteiger partial charge on any atom is 0.248 e. The third kappa shape index (κ3) is 2.43. The van der Waals surface area contributed by atoms with E-state index in [1.807, 2.05) is 11.4 Å². The zero-order chi connectivity index (χ0) is 14.1. The maximum absolute atomic E-state index is 11.0. The molecule has 5 nitrogen and oxygen atoms in total. The first-order valence-corrected chi connectivity index (χ1v) is 6.97. The second-order valence-electron chi connectivity index (χ2n) is 4.04. The largest absolute Gasteiger partial charge is 0.366 e. The molecule has 100 valence electrons. The SMILES string of the molecule is NC(=O)c1ccc(Nc2nc(Cl)c3ccsc3n2)cc1. The number of halogens is 1. The second kappa shape index (κ2) is 5.07. The number of thiophene rings is 1. The predicted octanol–water partition coefficient (Wildman–Crippen LogP) is 3.19. The summed E-state index contributed by atoms with van der Waals surface area (Å²) in [7, 11) is 0. The molecule has 0 atom stereocenters. The van der Waals surface area contributed by atoms with E-state index in [1.54, 1.807) is 24.3 Å². The smallest absolute Gasteiger partial charge is 0.248 e. The minimum Gasteiger partial charge on any atom is -0.366 e. The van der Waals surface area contributed by atoms with Gasteiger partial charge in [-0.15, -0.1) is 11.3 Å². The van der Waals surface area contributed by atoms with Crippen molar-refractivity contribution in [3.05, 3.63) is 46.4 Å². The van der Waals surface area contributed by atoms with Crippen LogP contribution >= 0.6 is 22.9 Å². The molecule has 3 aromatic rings. The summed E-state index contributed by atoms with van der Waals surface area (Å²) in [5.41, 5.74) is 6.39. The Kier molecular flexibility index (Phi) is 3.25. The number of rotatable bonds is 3. The molecule has 2 aromatic heterocycles. The van der Waals surface area contributed by atoms with Crippen molar-refractivity contribution in [1.29, 1.82) is 0 Å². The molecule has 1 amide bonds. The highest BCUT2D eigenvalue weighted by molar-refractivity contribution is 7.16. The van der Waals surface area contributed by atoms with E-state index in [0.29, 0.717) is 16.7 Å². The van der Waals surface area contributed by atoms with E-state index in [1.165, 1.54) is 11.3 Å². The van der Waals surface area contributed by atoms with Crippen molar-refractivity contribution >= 4 is 50.7 Å². The molecule has 0 saturated heterocycles. The Bertz CT molecular complexity index is 785. The van der Waals surface area contributed by atoms with Crippen LogP contribution < -0.4 is 11.1 Å². The Labute approximate surface area is 123 Å². The fraction of sp³-hybridized carbons (Fsp3) is 0. The van der Waals surface area contributed by atoms with Crippen LogP contribution in [0.4, 0.5) is 11.6 Å². The van der Waals surface area contributed by atoms with Crippen LogP contribution in [0.25, 0.3) is 10.2 Å². The number of aromatic nitrogens is 2. The molecule has 3 rings (SSSR count). The second-order valence-corrected chi connectivity index (χ2v) is 5.30. The molecule has 0 bridgehead atoms. The van der Waals surface area contributed by atoms with Gasteiger partial charge >= 0.3 is 0 Å². The average Bonchev–Trinajstić information content (AvgIpc) is 2.88. The van der Waals surface area contributed by atoms with Gasteiger partial charge in [-0.1, -0.05) is 11.6 Å². The Hall–Kier alpha value is -2.18. The third-order valence-electron chi connectivity index (χ3n) is 2.70. The normalized spacial score (nSPS) is 10.7. The van der Waals surface area contributed by atoms with Crippen molar-refractivity contribution in [2.24, 2.45) is 5.73 Å². The van der Waals surface area contributed by atoms with Gasteiger partial charge in [0.25, 0.3) is 0 Å². The van der Waals surface area contributed by atoms with Crippen LogP contribution in [-0.4, -0.2) is 15.9 Å². The van der Waals surface area contributed by atoms with Crippen molar-refractivity contribution in [1.82, 2.24) is 9.97 Å². The van der Waals surface area contributed by atoms with Gasteiger partial charge in [-0.2, -0.15) is 0 Å². The molecular weight excluding hydrogens is 296 g/mol. The first-order valence-electron chi connectivity index (χ1n) is 5.71. The first-order chi connectivity index (χ1) is 9.63. The summed E-state index contributed by atoms with van der Waals surface area (Å²) >= 11 is 7.59. The zero-order valence-electron chi connectivity index (χ0n) is 10.1. The van der Waals surface area contributed by atoms with Crippen LogP contribution in [0.2, 0.25) is 5.15 Å². The number of hydrogen-bond donors (Lipinski definition) is 2. The Morgan fingerprint density at radius 3 is 2.65 bits per heavy atom. The van der Waals surface area contributed by atoms with Gasteiger partial charge in [0.2, 0.25) is 11.9 Å². The number of carbonyl (C=O) groups excluding carboxylic acids is 1. The van der Waals surface area contributed by atoms with Gasteiger partial charge in [0.05, 0.1) is 0 Å². The molecule has 0 radical (unpaired) electrons. The van der Waals surface area contributed by atoms with E-state index >= 15 is 0 Å². The Balaban J connectivity index is 1.90. The monoisotopic (exact) mass is 304 g/mol. The van der Waals surface area contributed by atoms with Gasteiger partial charge in [0, 0.05) is 16.6 Å². The lowest BCUT2D eigenvalue weighted by Crippen LogP contribution is -2.10. The molecule has 20 heavy (non-hydrogen) atoms. The summed E-state index contributed by atoms with van der Waals surface area (Å²) in [6.07, 6.45) is 0. The minimum atomic E-state index is -0.462. The molecule has 0 unspecified atom stereocenters. The number of primary amides is 1. The van der Waals surface area contributed by atoms with Crippen LogP contribution in [0.15, 0.2) is 35.7 Å². The molecule has 0 spiro atoms. The van der Waals surface area contributed by atoms with E-state index in [0.717, 1.165) is 15.9 Å². The van der Waals surface area contributed by atoms with E-state index in [2.05, 4.69) is 15.3 Å². The van der Waals surface area contributed by atoms with E-state index in [-0.39, 0.29) is 0 Å². The highest BCUT2D eigenvalue weighted by Crippen LogP contribution is 2.27. The molecule has 0 aliphatic carbocycles. The van der Waals surface area contributed by atoms with Crippen molar-refractivity contribution < 1.29 is 4.79 Å². The fourth-order valence-electron chi connectivity index (χ4n) is 1.72. The standard InChI is InChI=1S/C13H9ClN4OS/c14-10-9-5-6-20-12(9)18-13(17-10)16-8-3-1-7(2-4-8)11(15)19/h1-6H,(H2,15,19)(H,16,17,18). The third-order valence-corrected chi connectivity index (χ3v) is 3.80. The van der Waals surface area contributed by atoms with Crippen molar-refractivity contribution in [2.75, 3.05) is 5.32 Å². The summed E-state index contributed by atoms with van der Waals surface area (Å²) in [5.74, 6) is -0.0485. The summed E-state index contributed by atoms with van der Waals surface area (Å²) in [6, 6.07) is 8.62. The van der Waals surface area contributed by atoms with Crippen LogP contribution in [0, 0.1) is 0 Å². The average molecular weight is 305 g/mol. The van der Waals surface area contributed by atoms with Crippen molar-refractivity contribution in [3.63, 3.8) is 0 Å². The molecule has 0 fully saturated rings. The van der Waals surface area contributed by atoms with Crippen LogP contribution in [0.3, 0.4) is 0 Å². The van der Waals surface area contributed by atoms with E-state index in [9.17, 15) is 4.79 Å². The summed E-state index contributed by atoms with van der Waals surface area (Å²) in [4.78, 5) is 20.4. The van der Waals surface area contributed by atoms with Gasteiger partial charge in [0.15, 0.2) is 0 Å². The molecular formula is C13H9ClN4OS. The summed E-state index contributed by atoms with van der Waals surface area (Å²) in [6.45, 7) is 0. The molecule has 0 aliphatic heterocycles. The minimum absolute atomic E-state index is 0.410. The molecule has 0 saturated carbocycles. The number of fused-ring (bicyclic) bond motifs is 1. The van der Waals surface area contributed by atoms with E-state index < -0.39 is 5.91 Å². The number of nitrogens with one attached hydrogen (secondary N) is 1. The summed E-state index contributed by atoms with van der Waals surface area (Å²) < 4.78 is 0. The van der Waals surface area contributed by atoms with Crippen molar-refractivity contribution in [3.8, 4) is 0 Å². The molecule has 7 heteroatoms. The topological polar surface area (TPSA) is 80.9 Å². The fourth-order valence-corrected chi connectivity index (χ4v) is 2.77. The van der Waals surface area contributed by atoms with Gasteiger partial charge < -0.3 is 11.1 Å². The van der Waals surface area contributed by atoms with E-state index in [4.69, 9.17) is 17.3 Å². The number of nitrogens with two attached hydrogens (primary N) is 1. The lowest BCUT2D eigenvalue weighted by atomic mass is 10.2. The van der Waals surface area contributed by atoms with Gasteiger partial charge in [-0.25, -0.2) is 9.97 Å². The lowest BCUT2D eigenvalue weighted by molar-refractivity contribution is 0.100. The predicted molar refractivity (Wildman–Crippen MR) is 80.7 cm³/mol. The Morgan fingerprint density at radius 1 is 1.20 bits per heavy atom. The number of amides is 1. The maximum atomic E-state index is 11.0. The number of nitrogens with zero attached hydrogens (tertiary/aromatic N) is 2. The van der Waals surface area contributed by atoms with Crippen LogP contribution in [0.1, 0.15) is 10.4 Å². The zero-order valence-corrected chi connectivity index (χ0v) is 11.7. The van der Waals surface area contributed by atoms with Gasteiger partial charge in [0.1, 0.15) is 9.98 Å². The number of carbonyl (C=O) groups is 1. The van der Waals surface area contributed by atoms with Crippen LogP contribution in [-0.2, 0) is 0 Å². The number of hydrogen-bond acceptors (Lipinski definition) is 5. The highest BCUT2D eigenvalue weighted by Gasteiger charge is 2.07.